The van der Waals surface area contributed by atoms with Crippen molar-refractivity contribution in [2.45, 2.75) is 45.1 Å². The average molecular weight is 381 g/mol. The Morgan fingerprint density at radius 3 is 2.26 bits per heavy atom. The first-order valence-corrected chi connectivity index (χ1v) is 10.6. The summed E-state index contributed by atoms with van der Waals surface area (Å²) in [5, 5.41) is 3.11. The number of carbonyl (C=O) groups is 2. The van der Waals surface area contributed by atoms with Crippen LogP contribution >= 0.6 is 0 Å². The minimum absolute atomic E-state index is 0.0609. The Balaban J connectivity index is 1.36. The number of morpholine rings is 1. The Morgan fingerprint density at radius 1 is 1.00 bits per heavy atom. The van der Waals surface area contributed by atoms with E-state index in [0.717, 1.165) is 78.2 Å². The van der Waals surface area contributed by atoms with Crippen molar-refractivity contribution in [2.75, 3.05) is 65.6 Å². The van der Waals surface area contributed by atoms with Crippen LogP contribution in [0.15, 0.2) is 0 Å². The molecule has 3 saturated heterocycles. The minimum atomic E-state index is -0.0609. The van der Waals surface area contributed by atoms with Gasteiger partial charge in [0.1, 0.15) is 0 Å². The summed E-state index contributed by atoms with van der Waals surface area (Å²) >= 11 is 0. The number of carbonyl (C=O) groups excluding carboxylic acids is 2. The molecule has 3 aliphatic heterocycles. The van der Waals surface area contributed by atoms with E-state index in [9.17, 15) is 9.59 Å². The van der Waals surface area contributed by atoms with Crippen molar-refractivity contribution in [1.82, 2.24) is 20.0 Å². The molecule has 3 rings (SSSR count). The van der Waals surface area contributed by atoms with Crippen molar-refractivity contribution in [3.05, 3.63) is 0 Å². The van der Waals surface area contributed by atoms with Crippen molar-refractivity contribution in [3.8, 4) is 0 Å². The zero-order valence-electron chi connectivity index (χ0n) is 17.0. The highest BCUT2D eigenvalue weighted by Gasteiger charge is 2.31. The normalized spacial score (nSPS) is 23.6. The Labute approximate surface area is 163 Å². The molecule has 0 radical (unpaired) electrons. The van der Waals surface area contributed by atoms with Crippen LogP contribution < -0.4 is 5.32 Å². The lowest BCUT2D eigenvalue weighted by Gasteiger charge is -2.41. The Morgan fingerprint density at radius 2 is 1.63 bits per heavy atom. The summed E-state index contributed by atoms with van der Waals surface area (Å²) in [5.74, 6) is 0.576. The third-order valence-electron chi connectivity index (χ3n) is 6.31. The van der Waals surface area contributed by atoms with Gasteiger partial charge < -0.3 is 15.0 Å². The predicted molar refractivity (Wildman–Crippen MR) is 104 cm³/mol. The molecule has 0 spiro atoms. The zero-order valence-corrected chi connectivity index (χ0v) is 17.0. The lowest BCUT2D eigenvalue weighted by Crippen LogP contribution is -2.56. The Kier molecular flexibility index (Phi) is 7.11. The third-order valence-corrected chi connectivity index (χ3v) is 6.31. The molecule has 3 aliphatic rings. The highest BCUT2D eigenvalue weighted by Crippen LogP contribution is 2.22. The minimum Gasteiger partial charge on any atom is -0.379 e. The number of nitrogens with zero attached hydrogens (tertiary/aromatic N) is 3. The van der Waals surface area contributed by atoms with Gasteiger partial charge in [0.2, 0.25) is 11.8 Å². The van der Waals surface area contributed by atoms with Gasteiger partial charge in [-0.25, -0.2) is 0 Å². The molecular formula is C20H36N4O3. The number of piperidine rings is 1. The molecule has 27 heavy (non-hydrogen) atoms. The molecule has 0 aromatic heterocycles. The van der Waals surface area contributed by atoms with Crippen LogP contribution in [0.25, 0.3) is 0 Å². The van der Waals surface area contributed by atoms with Crippen molar-refractivity contribution in [3.63, 3.8) is 0 Å². The van der Waals surface area contributed by atoms with Gasteiger partial charge in [-0.1, -0.05) is 0 Å². The van der Waals surface area contributed by atoms with E-state index in [4.69, 9.17) is 4.74 Å². The summed E-state index contributed by atoms with van der Waals surface area (Å²) in [6.45, 7) is 12.3. The summed E-state index contributed by atoms with van der Waals surface area (Å²) in [4.78, 5) is 31.5. The van der Waals surface area contributed by atoms with Crippen LogP contribution in [0.4, 0.5) is 0 Å². The van der Waals surface area contributed by atoms with E-state index < -0.39 is 0 Å². The van der Waals surface area contributed by atoms with E-state index in [1.54, 1.807) is 0 Å². The number of hydrogen-bond donors (Lipinski definition) is 1. The standard InChI is InChI=1S/C20H36N4O3/c1-20(2,24-11-13-27-14-12-24)16-21-18(25)15-22-9-5-17(6-10-22)19(26)23-7-3-4-8-23/h17H,3-16H2,1-2H3,(H,21,25). The smallest absolute Gasteiger partial charge is 0.234 e. The molecule has 0 unspecified atom stereocenters. The van der Waals surface area contributed by atoms with Gasteiger partial charge >= 0.3 is 0 Å². The molecule has 154 valence electrons. The number of rotatable bonds is 6. The second-order valence-corrected chi connectivity index (χ2v) is 8.77. The fraction of sp³-hybridized carbons (Fsp3) is 0.900. The maximum Gasteiger partial charge on any atom is 0.234 e. The van der Waals surface area contributed by atoms with Gasteiger partial charge in [0.25, 0.3) is 0 Å². The van der Waals surface area contributed by atoms with Gasteiger partial charge in [-0.2, -0.15) is 0 Å². The molecule has 0 atom stereocenters. The molecule has 7 heteroatoms. The molecule has 0 aromatic carbocycles. The van der Waals surface area contributed by atoms with Crippen molar-refractivity contribution < 1.29 is 14.3 Å². The van der Waals surface area contributed by atoms with E-state index in [1.807, 2.05) is 4.90 Å². The fourth-order valence-corrected chi connectivity index (χ4v) is 4.39. The first-order valence-electron chi connectivity index (χ1n) is 10.6. The lowest BCUT2D eigenvalue weighted by molar-refractivity contribution is -0.136. The van der Waals surface area contributed by atoms with Gasteiger partial charge in [-0.3, -0.25) is 19.4 Å². The highest BCUT2D eigenvalue weighted by molar-refractivity contribution is 5.79. The summed E-state index contributed by atoms with van der Waals surface area (Å²) < 4.78 is 5.42. The van der Waals surface area contributed by atoms with Crippen LogP contribution in [0.3, 0.4) is 0 Å². The second kappa shape index (κ2) is 9.34. The monoisotopic (exact) mass is 380 g/mol. The Bertz CT molecular complexity index is 505. The Hall–Kier alpha value is -1.18. The summed E-state index contributed by atoms with van der Waals surface area (Å²) in [5.41, 5.74) is -0.0609. The van der Waals surface area contributed by atoms with Crippen molar-refractivity contribution >= 4 is 11.8 Å². The summed E-state index contributed by atoms with van der Waals surface area (Å²) in [6, 6.07) is 0. The molecule has 0 saturated carbocycles. The molecule has 3 fully saturated rings. The van der Waals surface area contributed by atoms with Gasteiger partial charge in [0.15, 0.2) is 0 Å². The molecule has 1 N–H and O–H groups in total. The fourth-order valence-electron chi connectivity index (χ4n) is 4.39. The maximum absolute atomic E-state index is 12.5. The zero-order chi connectivity index (χ0) is 19.3. The van der Waals surface area contributed by atoms with Crippen molar-refractivity contribution in [2.24, 2.45) is 5.92 Å². The van der Waals surface area contributed by atoms with Gasteiger partial charge in [0, 0.05) is 44.2 Å². The van der Waals surface area contributed by atoms with E-state index in [0.29, 0.717) is 19.0 Å². The first kappa shape index (κ1) is 20.6. The van der Waals surface area contributed by atoms with Crippen LogP contribution in [0.2, 0.25) is 0 Å². The maximum atomic E-state index is 12.5. The predicted octanol–water partition coefficient (Wildman–Crippen LogP) is 0.548. The van der Waals surface area contributed by atoms with E-state index in [1.165, 1.54) is 0 Å². The quantitative estimate of drug-likeness (QED) is 0.729. The number of hydrogen-bond acceptors (Lipinski definition) is 5. The van der Waals surface area contributed by atoms with Crippen LogP contribution in [0.5, 0.6) is 0 Å². The molecule has 0 aromatic rings. The van der Waals surface area contributed by atoms with Crippen LogP contribution in [-0.4, -0.2) is 97.6 Å². The SMILES string of the molecule is CC(C)(CNC(=O)CN1CCC(C(=O)N2CCCC2)CC1)N1CCOCC1. The molecule has 0 bridgehead atoms. The molecule has 0 aliphatic carbocycles. The van der Waals surface area contributed by atoms with E-state index in [2.05, 4.69) is 29.0 Å². The number of amides is 2. The number of nitrogens with one attached hydrogen (secondary N) is 1. The van der Waals surface area contributed by atoms with Crippen molar-refractivity contribution in [1.29, 1.82) is 0 Å². The van der Waals surface area contributed by atoms with Gasteiger partial charge in [-0.05, 0) is 52.6 Å². The van der Waals surface area contributed by atoms with Gasteiger partial charge in [-0.15, -0.1) is 0 Å². The van der Waals surface area contributed by atoms with Gasteiger partial charge in [0.05, 0.1) is 19.8 Å². The first-order chi connectivity index (χ1) is 13.0. The lowest BCUT2D eigenvalue weighted by atomic mass is 9.95. The molecule has 2 amide bonds. The molecule has 3 heterocycles. The molecular weight excluding hydrogens is 344 g/mol. The highest BCUT2D eigenvalue weighted by atomic mass is 16.5. The van der Waals surface area contributed by atoms with Crippen LogP contribution in [0.1, 0.15) is 39.5 Å². The van der Waals surface area contributed by atoms with E-state index >= 15 is 0 Å². The van der Waals surface area contributed by atoms with Crippen LogP contribution in [-0.2, 0) is 14.3 Å². The van der Waals surface area contributed by atoms with Crippen LogP contribution in [0, 0.1) is 5.92 Å². The van der Waals surface area contributed by atoms with E-state index in [-0.39, 0.29) is 17.4 Å². The summed E-state index contributed by atoms with van der Waals surface area (Å²) in [6.07, 6.45) is 4.04. The number of likely N-dealkylation sites (tertiary alicyclic amines) is 2. The summed E-state index contributed by atoms with van der Waals surface area (Å²) in [7, 11) is 0. The third kappa shape index (κ3) is 5.65. The number of ether oxygens (including phenoxy) is 1. The molecule has 7 nitrogen and oxygen atoms in total. The second-order valence-electron chi connectivity index (χ2n) is 8.77. The topological polar surface area (TPSA) is 65.1 Å². The average Bonchev–Trinajstić information content (AvgIpc) is 3.22. The largest absolute Gasteiger partial charge is 0.379 e.